The molecule has 0 bridgehead atoms. The predicted molar refractivity (Wildman–Crippen MR) is 169 cm³/mol. The molecule has 0 unspecified atom stereocenters. The molecule has 0 spiro atoms. The normalized spacial score (nSPS) is 27.9. The van der Waals surface area contributed by atoms with E-state index in [1.807, 2.05) is 6.08 Å². The second kappa shape index (κ2) is 14.7. The zero-order chi connectivity index (χ0) is 35.5. The van der Waals surface area contributed by atoms with Crippen molar-refractivity contribution in [3.8, 4) is 0 Å². The average molecular weight is 692 g/mol. The van der Waals surface area contributed by atoms with Gasteiger partial charge in [0.05, 0.1) is 19.6 Å². The monoisotopic (exact) mass is 691 g/mol. The Morgan fingerprint density at radius 3 is 2.61 bits per heavy atom. The van der Waals surface area contributed by atoms with Crippen molar-refractivity contribution in [2.45, 2.75) is 115 Å². The Morgan fingerprint density at radius 1 is 1.12 bits per heavy atom. The molecule has 3 heterocycles. The van der Waals surface area contributed by atoms with E-state index in [4.69, 9.17) is 9.47 Å². The van der Waals surface area contributed by atoms with E-state index in [1.54, 1.807) is 39.0 Å². The van der Waals surface area contributed by atoms with E-state index in [9.17, 15) is 37.1 Å². The fourth-order valence-electron chi connectivity index (χ4n) is 6.67. The third-order valence-corrected chi connectivity index (χ3v) is 9.20. The number of hydrogen-bond donors (Lipinski definition) is 3. The van der Waals surface area contributed by atoms with Crippen LogP contribution in [0.25, 0.3) is 0 Å². The van der Waals surface area contributed by atoms with Crippen LogP contribution in [-0.2, 0) is 36.9 Å². The summed E-state index contributed by atoms with van der Waals surface area (Å²) >= 11 is 0. The first-order valence-electron chi connectivity index (χ1n) is 16.7. The molecule has 3 N–H and O–H groups in total. The van der Waals surface area contributed by atoms with Gasteiger partial charge in [0.25, 0.3) is 6.43 Å². The molecule has 5 amide bonds. The second-order valence-electron chi connectivity index (χ2n) is 14.1. The number of alkyl carbamates (subject to hydrolysis) is 1. The van der Waals surface area contributed by atoms with Gasteiger partial charge in [-0.25, -0.2) is 22.8 Å². The molecule has 49 heavy (non-hydrogen) atoms. The highest BCUT2D eigenvalue weighted by molar-refractivity contribution is 5.98. The number of hydrogen-bond acceptors (Lipinski definition) is 7. The summed E-state index contributed by atoms with van der Waals surface area (Å²) in [4.78, 5) is 70.0. The third-order valence-electron chi connectivity index (χ3n) is 9.20. The van der Waals surface area contributed by atoms with Gasteiger partial charge in [0, 0.05) is 24.4 Å². The largest absolute Gasteiger partial charge is 0.444 e. The van der Waals surface area contributed by atoms with Crippen LogP contribution < -0.4 is 16.0 Å². The Kier molecular flexibility index (Phi) is 10.8. The molecule has 268 valence electrons. The Balaban J connectivity index is 1.39. The number of alkyl halides is 2. The van der Waals surface area contributed by atoms with Gasteiger partial charge in [0.2, 0.25) is 17.7 Å². The number of benzene rings is 1. The lowest BCUT2D eigenvalue weighted by Gasteiger charge is -2.30. The lowest BCUT2D eigenvalue weighted by atomic mass is 10.0. The fourth-order valence-corrected chi connectivity index (χ4v) is 6.67. The molecule has 1 aromatic carbocycles. The molecule has 0 radical (unpaired) electrons. The summed E-state index contributed by atoms with van der Waals surface area (Å²) in [6.45, 7) is 4.09. The molecule has 1 aliphatic carbocycles. The fraction of sp³-hybridized carbons (Fsp3) is 0.618. The van der Waals surface area contributed by atoms with Gasteiger partial charge in [-0.05, 0) is 58.1 Å². The van der Waals surface area contributed by atoms with Crippen LogP contribution in [0.15, 0.2) is 30.4 Å². The van der Waals surface area contributed by atoms with E-state index in [0.717, 1.165) is 6.42 Å². The van der Waals surface area contributed by atoms with Gasteiger partial charge < -0.3 is 30.3 Å². The lowest BCUT2D eigenvalue weighted by Crippen LogP contribution is -2.58. The van der Waals surface area contributed by atoms with Gasteiger partial charge in [-0.15, -0.1) is 0 Å². The maximum Gasteiger partial charge on any atom is 0.410 e. The summed E-state index contributed by atoms with van der Waals surface area (Å²) in [5.41, 5.74) is -1.31. The van der Waals surface area contributed by atoms with Crippen LogP contribution in [-0.4, -0.2) is 88.6 Å². The zero-order valence-corrected chi connectivity index (χ0v) is 27.9. The minimum absolute atomic E-state index is 0.00679. The first-order valence-corrected chi connectivity index (χ1v) is 16.7. The summed E-state index contributed by atoms with van der Waals surface area (Å²) in [6, 6.07) is 2.28. The standard InChI is InChI=1S/C34H44F3N5O7/c1-33(2,3)49-31(46)39-25-13-8-6-4-5-7-11-21-15-34(21,30(45)38-16-27(36)37)40-28(43)26-14-22(18-42(26)29(25)44)48-32(47)41-17-20-10-9-12-24(35)23(20)19-41/h7,9-12,21-22,25-27H,4-6,8,13-19H2,1-3H3,(H,38,45)(H,39,46)(H,40,43)/b11-7-/t21-,22-,25+,26+,34-/m1/s1. The van der Waals surface area contributed by atoms with Gasteiger partial charge in [-0.2, -0.15) is 0 Å². The highest BCUT2D eigenvalue weighted by atomic mass is 19.3. The van der Waals surface area contributed by atoms with Crippen molar-refractivity contribution in [3.05, 3.63) is 47.3 Å². The summed E-state index contributed by atoms with van der Waals surface area (Å²) in [5, 5.41) is 7.60. The van der Waals surface area contributed by atoms with E-state index in [0.29, 0.717) is 30.4 Å². The SMILES string of the molecule is CC(C)(C)OC(=O)N[C@H]1CCCCC/C=C\[C@@H]2C[C@@]2(C(=O)NCC(F)F)NC(=O)[C@@H]2C[C@@H](OC(=O)N3Cc4cccc(F)c4C3)CN2C1=O. The molecule has 5 atom stereocenters. The summed E-state index contributed by atoms with van der Waals surface area (Å²) in [6.07, 6.45) is 1.36. The Morgan fingerprint density at radius 2 is 1.90 bits per heavy atom. The van der Waals surface area contributed by atoms with Gasteiger partial charge in [-0.3, -0.25) is 19.3 Å². The molecule has 3 aliphatic heterocycles. The number of allylic oxidation sites excluding steroid dienone is 1. The molecule has 1 saturated heterocycles. The van der Waals surface area contributed by atoms with E-state index >= 15 is 0 Å². The molecule has 1 saturated carbocycles. The van der Waals surface area contributed by atoms with Crippen LogP contribution in [0.5, 0.6) is 0 Å². The van der Waals surface area contributed by atoms with Crippen molar-refractivity contribution >= 4 is 29.9 Å². The molecule has 5 rings (SSSR count). The van der Waals surface area contributed by atoms with Crippen LogP contribution in [0, 0.1) is 11.7 Å². The first kappa shape index (κ1) is 36.0. The van der Waals surface area contributed by atoms with E-state index in [1.165, 1.54) is 15.9 Å². The number of amides is 5. The van der Waals surface area contributed by atoms with E-state index in [2.05, 4.69) is 16.0 Å². The number of carbonyl (C=O) groups is 5. The van der Waals surface area contributed by atoms with Crippen molar-refractivity contribution in [1.29, 1.82) is 0 Å². The Bertz CT molecular complexity index is 1480. The number of rotatable bonds is 5. The van der Waals surface area contributed by atoms with Crippen LogP contribution in [0.2, 0.25) is 0 Å². The first-order chi connectivity index (χ1) is 23.2. The maximum atomic E-state index is 14.3. The molecular formula is C34H44F3N5O7. The van der Waals surface area contributed by atoms with Gasteiger partial charge >= 0.3 is 12.2 Å². The molecule has 0 aromatic heterocycles. The number of carbonyl (C=O) groups excluding carboxylic acids is 5. The van der Waals surface area contributed by atoms with E-state index in [-0.39, 0.29) is 38.9 Å². The Labute approximate surface area is 283 Å². The predicted octanol–water partition coefficient (Wildman–Crippen LogP) is 3.92. The number of nitrogens with zero attached hydrogens (tertiary/aromatic N) is 2. The van der Waals surface area contributed by atoms with Gasteiger partial charge in [-0.1, -0.05) is 37.1 Å². The maximum absolute atomic E-state index is 14.3. The minimum atomic E-state index is -2.79. The van der Waals surface area contributed by atoms with Crippen LogP contribution in [0.3, 0.4) is 0 Å². The molecule has 12 nitrogen and oxygen atoms in total. The summed E-state index contributed by atoms with van der Waals surface area (Å²) < 4.78 is 51.5. The summed E-state index contributed by atoms with van der Waals surface area (Å²) in [5.74, 6) is -2.97. The Hall–Kier alpha value is -4.30. The summed E-state index contributed by atoms with van der Waals surface area (Å²) in [7, 11) is 0. The highest BCUT2D eigenvalue weighted by Gasteiger charge is 2.61. The van der Waals surface area contributed by atoms with Crippen LogP contribution >= 0.6 is 0 Å². The van der Waals surface area contributed by atoms with Crippen molar-refractivity contribution in [2.24, 2.45) is 5.92 Å². The zero-order valence-electron chi connectivity index (χ0n) is 27.9. The second-order valence-corrected chi connectivity index (χ2v) is 14.1. The molecule has 1 aromatic rings. The highest BCUT2D eigenvalue weighted by Crippen LogP contribution is 2.45. The quantitative estimate of drug-likeness (QED) is 0.397. The van der Waals surface area contributed by atoms with Crippen LogP contribution in [0.4, 0.5) is 22.8 Å². The van der Waals surface area contributed by atoms with Crippen LogP contribution in [0.1, 0.15) is 76.8 Å². The number of fused-ring (bicyclic) bond motifs is 3. The smallest absolute Gasteiger partial charge is 0.410 e. The number of ether oxygens (including phenoxy) is 2. The van der Waals surface area contributed by atoms with Crippen molar-refractivity contribution in [2.75, 3.05) is 13.1 Å². The molecule has 15 heteroatoms. The van der Waals surface area contributed by atoms with Crippen molar-refractivity contribution in [1.82, 2.24) is 25.8 Å². The molecular weight excluding hydrogens is 647 g/mol. The van der Waals surface area contributed by atoms with E-state index < -0.39 is 83.9 Å². The lowest BCUT2D eigenvalue weighted by molar-refractivity contribution is -0.141. The molecule has 4 aliphatic rings. The van der Waals surface area contributed by atoms with Crippen molar-refractivity contribution < 1.29 is 46.6 Å². The third kappa shape index (κ3) is 8.66. The number of halogens is 3. The van der Waals surface area contributed by atoms with Gasteiger partial charge in [0.15, 0.2) is 0 Å². The molecule has 2 fully saturated rings. The number of nitrogens with one attached hydrogen (secondary N) is 3. The van der Waals surface area contributed by atoms with Gasteiger partial charge in [0.1, 0.15) is 35.1 Å². The minimum Gasteiger partial charge on any atom is -0.444 e. The topological polar surface area (TPSA) is 146 Å². The average Bonchev–Trinajstić information content (AvgIpc) is 3.33. The van der Waals surface area contributed by atoms with Crippen molar-refractivity contribution in [3.63, 3.8) is 0 Å².